The molecule has 0 spiro atoms. The molecule has 2 aromatic heterocycles. The van der Waals surface area contributed by atoms with Crippen molar-refractivity contribution in [2.24, 2.45) is 4.99 Å². The summed E-state index contributed by atoms with van der Waals surface area (Å²) in [6.07, 6.45) is 6.79. The number of benzene rings is 1. The van der Waals surface area contributed by atoms with Gasteiger partial charge in [0.2, 0.25) is 5.82 Å². The van der Waals surface area contributed by atoms with Gasteiger partial charge in [-0.05, 0) is 17.7 Å². The summed E-state index contributed by atoms with van der Waals surface area (Å²) in [5.41, 5.74) is 1.24. The normalized spacial score (nSPS) is 15.2. The Bertz CT molecular complexity index is 977. The molecule has 1 saturated heterocycles. The monoisotopic (exact) mass is 547 g/mol. The third-order valence-corrected chi connectivity index (χ3v) is 5.28. The van der Waals surface area contributed by atoms with Crippen LogP contribution in [0.1, 0.15) is 11.4 Å². The number of H-pyrrole nitrogens is 1. The molecule has 0 radical (unpaired) electrons. The zero-order valence-electron chi connectivity index (χ0n) is 18.3. The lowest BCUT2D eigenvalue weighted by molar-refractivity contribution is 0.194. The standard InChI is InChI=1S/C23H29N7O.HI/c1-24-23(25-12-11-21-26-22(28-27-21)20-10-6-18-31-20)30-16-14-29(15-17-30)13-5-9-19-7-3-2-4-8-19;/h2-10,18H,11-17H2,1H3,(H,24,25)(H,26,27,28);1H/b9-5+;. The molecule has 0 amide bonds. The van der Waals surface area contributed by atoms with Gasteiger partial charge in [-0.25, -0.2) is 4.98 Å². The molecule has 4 rings (SSSR count). The smallest absolute Gasteiger partial charge is 0.216 e. The largest absolute Gasteiger partial charge is 0.461 e. The number of hydrogen-bond donors (Lipinski definition) is 2. The van der Waals surface area contributed by atoms with E-state index in [4.69, 9.17) is 4.42 Å². The third kappa shape index (κ3) is 6.67. The van der Waals surface area contributed by atoms with E-state index in [-0.39, 0.29) is 24.0 Å². The fourth-order valence-corrected chi connectivity index (χ4v) is 3.59. The van der Waals surface area contributed by atoms with Crippen LogP contribution in [0.2, 0.25) is 0 Å². The Kier molecular flexibility index (Phi) is 9.29. The molecule has 0 aliphatic carbocycles. The molecular formula is C23H30IN7O. The van der Waals surface area contributed by atoms with Crippen LogP contribution in [0.5, 0.6) is 0 Å². The number of piperazine rings is 1. The summed E-state index contributed by atoms with van der Waals surface area (Å²) in [5.74, 6) is 3.01. The second-order valence-corrected chi connectivity index (χ2v) is 7.41. The van der Waals surface area contributed by atoms with Crippen LogP contribution < -0.4 is 5.32 Å². The minimum Gasteiger partial charge on any atom is -0.461 e. The van der Waals surface area contributed by atoms with Crippen LogP contribution in [0.15, 0.2) is 64.2 Å². The van der Waals surface area contributed by atoms with E-state index < -0.39 is 0 Å². The van der Waals surface area contributed by atoms with E-state index >= 15 is 0 Å². The van der Waals surface area contributed by atoms with Gasteiger partial charge in [-0.15, -0.1) is 24.0 Å². The van der Waals surface area contributed by atoms with E-state index in [1.54, 1.807) is 6.26 Å². The lowest BCUT2D eigenvalue weighted by atomic mass is 10.2. The Balaban J connectivity index is 0.00000289. The van der Waals surface area contributed by atoms with Crippen LogP contribution in [0, 0.1) is 0 Å². The molecule has 3 aromatic rings. The second kappa shape index (κ2) is 12.4. The van der Waals surface area contributed by atoms with Crippen molar-refractivity contribution in [2.45, 2.75) is 6.42 Å². The van der Waals surface area contributed by atoms with E-state index in [0.717, 1.165) is 57.5 Å². The van der Waals surface area contributed by atoms with Gasteiger partial charge in [0.15, 0.2) is 11.7 Å². The van der Waals surface area contributed by atoms with Crippen molar-refractivity contribution >= 4 is 36.0 Å². The molecule has 170 valence electrons. The zero-order valence-corrected chi connectivity index (χ0v) is 20.6. The van der Waals surface area contributed by atoms with Gasteiger partial charge in [0.25, 0.3) is 0 Å². The first-order chi connectivity index (χ1) is 15.3. The first-order valence-corrected chi connectivity index (χ1v) is 10.7. The molecule has 9 heteroatoms. The van der Waals surface area contributed by atoms with Crippen LogP contribution in [0.25, 0.3) is 17.7 Å². The fourth-order valence-electron chi connectivity index (χ4n) is 3.59. The molecule has 2 N–H and O–H groups in total. The summed E-state index contributed by atoms with van der Waals surface area (Å²) in [5, 5.41) is 10.6. The molecule has 0 bridgehead atoms. The topological polar surface area (TPSA) is 85.6 Å². The average molecular weight is 547 g/mol. The van der Waals surface area contributed by atoms with Crippen molar-refractivity contribution in [3.8, 4) is 11.6 Å². The first kappa shape index (κ1) is 24.0. The van der Waals surface area contributed by atoms with Crippen molar-refractivity contribution in [3.05, 3.63) is 66.2 Å². The van der Waals surface area contributed by atoms with Crippen LogP contribution >= 0.6 is 24.0 Å². The van der Waals surface area contributed by atoms with Crippen LogP contribution in [0.3, 0.4) is 0 Å². The van der Waals surface area contributed by atoms with Crippen LogP contribution in [0.4, 0.5) is 0 Å². The minimum absolute atomic E-state index is 0. The van der Waals surface area contributed by atoms with Gasteiger partial charge in [-0.1, -0.05) is 42.5 Å². The summed E-state index contributed by atoms with van der Waals surface area (Å²) in [6, 6.07) is 14.1. The van der Waals surface area contributed by atoms with Crippen LogP contribution in [-0.4, -0.2) is 77.3 Å². The number of aromatic nitrogens is 3. The Morgan fingerprint density at radius 1 is 1.16 bits per heavy atom. The summed E-state index contributed by atoms with van der Waals surface area (Å²) >= 11 is 0. The molecule has 0 unspecified atom stereocenters. The molecule has 0 atom stereocenters. The number of rotatable bonds is 7. The van der Waals surface area contributed by atoms with E-state index in [1.165, 1.54) is 5.56 Å². The lowest BCUT2D eigenvalue weighted by Gasteiger charge is -2.36. The van der Waals surface area contributed by atoms with Crippen molar-refractivity contribution in [3.63, 3.8) is 0 Å². The maximum Gasteiger partial charge on any atom is 0.216 e. The molecule has 8 nitrogen and oxygen atoms in total. The van der Waals surface area contributed by atoms with Gasteiger partial charge in [-0.2, -0.15) is 5.10 Å². The van der Waals surface area contributed by atoms with Gasteiger partial charge in [0, 0.05) is 52.7 Å². The number of guanidine groups is 1. The van der Waals surface area contributed by atoms with Crippen LogP contribution in [-0.2, 0) is 6.42 Å². The summed E-state index contributed by atoms with van der Waals surface area (Å²) in [4.78, 5) is 13.7. The van der Waals surface area contributed by atoms with Gasteiger partial charge in [-0.3, -0.25) is 15.0 Å². The predicted molar refractivity (Wildman–Crippen MR) is 138 cm³/mol. The SMILES string of the molecule is CN=C(NCCc1nc(-c2ccco2)n[nH]1)N1CCN(C/C=C/c2ccccc2)CC1.I. The van der Waals surface area contributed by atoms with Gasteiger partial charge >= 0.3 is 0 Å². The highest BCUT2D eigenvalue weighted by Crippen LogP contribution is 2.14. The molecule has 1 aromatic carbocycles. The summed E-state index contributed by atoms with van der Waals surface area (Å²) < 4.78 is 5.33. The number of halogens is 1. The highest BCUT2D eigenvalue weighted by molar-refractivity contribution is 14.0. The molecule has 0 saturated carbocycles. The maximum absolute atomic E-state index is 5.33. The van der Waals surface area contributed by atoms with Gasteiger partial charge in [0.1, 0.15) is 5.82 Å². The Hall–Kier alpha value is -2.66. The first-order valence-electron chi connectivity index (χ1n) is 10.7. The number of aliphatic imine (C=N–C) groups is 1. The third-order valence-electron chi connectivity index (χ3n) is 5.28. The molecule has 1 fully saturated rings. The van der Waals surface area contributed by atoms with Gasteiger partial charge < -0.3 is 14.6 Å². The lowest BCUT2D eigenvalue weighted by Crippen LogP contribution is -2.52. The molecule has 1 aliphatic rings. The molecule has 32 heavy (non-hydrogen) atoms. The van der Waals surface area contributed by atoms with E-state index in [2.05, 4.69) is 71.7 Å². The summed E-state index contributed by atoms with van der Waals surface area (Å²) in [7, 11) is 1.83. The molecular weight excluding hydrogens is 517 g/mol. The predicted octanol–water partition coefficient (Wildman–Crippen LogP) is 3.13. The highest BCUT2D eigenvalue weighted by Gasteiger charge is 2.18. The maximum atomic E-state index is 5.33. The Morgan fingerprint density at radius 2 is 1.97 bits per heavy atom. The van der Waals surface area contributed by atoms with Crippen molar-refractivity contribution < 1.29 is 4.42 Å². The second-order valence-electron chi connectivity index (χ2n) is 7.41. The number of furan rings is 1. The average Bonchev–Trinajstić information content (AvgIpc) is 3.50. The minimum atomic E-state index is 0. The summed E-state index contributed by atoms with van der Waals surface area (Å²) in [6.45, 7) is 5.67. The van der Waals surface area contributed by atoms with Crippen molar-refractivity contribution in [1.29, 1.82) is 0 Å². The van der Waals surface area contributed by atoms with E-state index in [1.807, 2.05) is 25.2 Å². The van der Waals surface area contributed by atoms with Crippen molar-refractivity contribution in [1.82, 2.24) is 30.3 Å². The number of nitrogens with one attached hydrogen (secondary N) is 2. The number of hydrogen-bond acceptors (Lipinski definition) is 5. The molecule has 3 heterocycles. The van der Waals surface area contributed by atoms with Gasteiger partial charge in [0.05, 0.1) is 6.26 Å². The number of nitrogens with zero attached hydrogens (tertiary/aromatic N) is 5. The van der Waals surface area contributed by atoms with E-state index in [0.29, 0.717) is 11.6 Å². The van der Waals surface area contributed by atoms with E-state index in [9.17, 15) is 0 Å². The molecule has 1 aliphatic heterocycles. The van der Waals surface area contributed by atoms with Crippen molar-refractivity contribution in [2.75, 3.05) is 46.3 Å². The number of aromatic amines is 1. The zero-order chi connectivity index (χ0) is 21.3. The highest BCUT2D eigenvalue weighted by atomic mass is 127. The fraction of sp³-hybridized carbons (Fsp3) is 0.348. The Labute approximate surface area is 205 Å². The quantitative estimate of drug-likeness (QED) is 0.269. The Morgan fingerprint density at radius 3 is 2.69 bits per heavy atom.